The standard InChI is InChI=1S/C20H24N4S/c1-3-16-14-17-19(21-18(4-2)22-20(17)25-16)24-12-10-23(11-13-24)15-8-6-5-7-9-15/h5-9,14H,3-4,10-13H2,1-2H3. The lowest BCUT2D eigenvalue weighted by Crippen LogP contribution is -2.47. The molecule has 0 radical (unpaired) electrons. The van der Waals surface area contributed by atoms with E-state index in [-0.39, 0.29) is 0 Å². The van der Waals surface area contributed by atoms with Gasteiger partial charge in [0, 0.05) is 43.2 Å². The van der Waals surface area contributed by atoms with Gasteiger partial charge in [-0.05, 0) is 24.6 Å². The predicted molar refractivity (Wildman–Crippen MR) is 107 cm³/mol. The number of nitrogens with zero attached hydrogens (tertiary/aromatic N) is 4. The van der Waals surface area contributed by atoms with Gasteiger partial charge < -0.3 is 9.80 Å². The first-order valence-corrected chi connectivity index (χ1v) is 9.94. The molecule has 1 saturated heterocycles. The fourth-order valence-corrected chi connectivity index (χ4v) is 4.37. The second-order valence-electron chi connectivity index (χ2n) is 6.41. The summed E-state index contributed by atoms with van der Waals surface area (Å²) in [6, 6.07) is 13.0. The molecule has 0 saturated carbocycles. The smallest absolute Gasteiger partial charge is 0.141 e. The minimum atomic E-state index is 0.881. The highest BCUT2D eigenvalue weighted by Gasteiger charge is 2.21. The molecule has 1 aliphatic heterocycles. The number of para-hydroxylation sites is 1. The number of thiophene rings is 1. The maximum absolute atomic E-state index is 4.89. The molecule has 0 spiro atoms. The lowest BCUT2D eigenvalue weighted by molar-refractivity contribution is 0.647. The second-order valence-corrected chi connectivity index (χ2v) is 7.53. The fraction of sp³-hybridized carbons (Fsp3) is 0.400. The lowest BCUT2D eigenvalue weighted by Gasteiger charge is -2.37. The Labute approximate surface area is 153 Å². The third kappa shape index (κ3) is 3.21. The molecule has 1 fully saturated rings. The third-order valence-corrected chi connectivity index (χ3v) is 6.01. The fourth-order valence-electron chi connectivity index (χ4n) is 3.39. The quantitative estimate of drug-likeness (QED) is 0.706. The van der Waals surface area contributed by atoms with E-state index in [9.17, 15) is 0 Å². The Hall–Kier alpha value is -2.14. The van der Waals surface area contributed by atoms with Crippen LogP contribution in [0.25, 0.3) is 10.2 Å². The summed E-state index contributed by atoms with van der Waals surface area (Å²) in [4.78, 5) is 17.1. The molecule has 0 bridgehead atoms. The highest BCUT2D eigenvalue weighted by Crippen LogP contribution is 2.32. The van der Waals surface area contributed by atoms with Gasteiger partial charge in [-0.25, -0.2) is 9.97 Å². The van der Waals surface area contributed by atoms with Crippen molar-refractivity contribution in [2.24, 2.45) is 0 Å². The molecule has 0 unspecified atom stereocenters. The Balaban J connectivity index is 1.61. The molecule has 0 atom stereocenters. The summed E-state index contributed by atoms with van der Waals surface area (Å²) in [7, 11) is 0. The van der Waals surface area contributed by atoms with Crippen LogP contribution >= 0.6 is 11.3 Å². The first kappa shape index (κ1) is 16.3. The van der Waals surface area contributed by atoms with Gasteiger partial charge in [-0.1, -0.05) is 32.0 Å². The Kier molecular flexibility index (Phi) is 4.57. The highest BCUT2D eigenvalue weighted by atomic mass is 32.1. The van der Waals surface area contributed by atoms with Crippen LogP contribution < -0.4 is 9.80 Å². The van der Waals surface area contributed by atoms with Crippen molar-refractivity contribution in [3.05, 3.63) is 47.1 Å². The molecular weight excluding hydrogens is 328 g/mol. The van der Waals surface area contributed by atoms with Gasteiger partial charge in [0.25, 0.3) is 0 Å². The number of rotatable bonds is 4. The number of fused-ring (bicyclic) bond motifs is 1. The van der Waals surface area contributed by atoms with Crippen molar-refractivity contribution in [3.63, 3.8) is 0 Å². The van der Waals surface area contributed by atoms with E-state index >= 15 is 0 Å². The van der Waals surface area contributed by atoms with Gasteiger partial charge in [-0.15, -0.1) is 11.3 Å². The zero-order chi connectivity index (χ0) is 17.2. The van der Waals surface area contributed by atoms with Gasteiger partial charge in [0.2, 0.25) is 0 Å². The van der Waals surface area contributed by atoms with Crippen molar-refractivity contribution in [2.45, 2.75) is 26.7 Å². The number of benzene rings is 1. The van der Waals surface area contributed by atoms with E-state index in [0.29, 0.717) is 0 Å². The van der Waals surface area contributed by atoms with Crippen LogP contribution in [0.5, 0.6) is 0 Å². The first-order valence-electron chi connectivity index (χ1n) is 9.12. The van der Waals surface area contributed by atoms with E-state index in [4.69, 9.17) is 9.97 Å². The zero-order valence-corrected chi connectivity index (χ0v) is 15.7. The van der Waals surface area contributed by atoms with Crippen molar-refractivity contribution in [2.75, 3.05) is 36.0 Å². The molecule has 0 amide bonds. The van der Waals surface area contributed by atoms with E-state index in [1.54, 1.807) is 0 Å². The van der Waals surface area contributed by atoms with Crippen LogP contribution in [-0.4, -0.2) is 36.1 Å². The molecule has 5 heteroatoms. The van der Waals surface area contributed by atoms with Gasteiger partial charge >= 0.3 is 0 Å². The number of hydrogen-bond acceptors (Lipinski definition) is 5. The summed E-state index contributed by atoms with van der Waals surface area (Å²) in [5.74, 6) is 2.09. The Morgan fingerprint density at radius 2 is 1.64 bits per heavy atom. The number of piperazine rings is 1. The van der Waals surface area contributed by atoms with Crippen molar-refractivity contribution in [1.29, 1.82) is 0 Å². The van der Waals surface area contributed by atoms with E-state index < -0.39 is 0 Å². The van der Waals surface area contributed by atoms with E-state index in [1.165, 1.54) is 16.0 Å². The SMILES string of the molecule is CCc1nc(N2CCN(c3ccccc3)CC2)c2cc(CC)sc2n1. The van der Waals surface area contributed by atoms with Crippen molar-refractivity contribution in [3.8, 4) is 0 Å². The van der Waals surface area contributed by atoms with Crippen LogP contribution in [0.2, 0.25) is 0 Å². The summed E-state index contributed by atoms with van der Waals surface area (Å²) in [6.07, 6.45) is 1.94. The monoisotopic (exact) mass is 352 g/mol. The van der Waals surface area contributed by atoms with Crippen molar-refractivity contribution in [1.82, 2.24) is 9.97 Å². The lowest BCUT2D eigenvalue weighted by atomic mass is 10.2. The Bertz CT molecular complexity index is 851. The number of anilines is 2. The number of aryl methyl sites for hydroxylation is 2. The molecule has 3 heterocycles. The van der Waals surface area contributed by atoms with Crippen LogP contribution in [-0.2, 0) is 12.8 Å². The van der Waals surface area contributed by atoms with Gasteiger partial charge in [-0.3, -0.25) is 0 Å². The Morgan fingerprint density at radius 3 is 2.32 bits per heavy atom. The van der Waals surface area contributed by atoms with Gasteiger partial charge in [0.15, 0.2) is 0 Å². The maximum atomic E-state index is 4.89. The average Bonchev–Trinajstić information content (AvgIpc) is 3.11. The first-order chi connectivity index (χ1) is 12.3. The molecule has 2 aromatic heterocycles. The highest BCUT2D eigenvalue weighted by molar-refractivity contribution is 7.18. The molecule has 4 nitrogen and oxygen atoms in total. The van der Waals surface area contributed by atoms with Crippen LogP contribution in [0.15, 0.2) is 36.4 Å². The van der Waals surface area contributed by atoms with E-state index in [0.717, 1.165) is 55.5 Å². The molecule has 0 aliphatic carbocycles. The Morgan fingerprint density at radius 1 is 0.920 bits per heavy atom. The summed E-state index contributed by atoms with van der Waals surface area (Å²) < 4.78 is 0. The van der Waals surface area contributed by atoms with Crippen LogP contribution in [0, 0.1) is 0 Å². The molecular formula is C20H24N4S. The zero-order valence-electron chi connectivity index (χ0n) is 14.9. The largest absolute Gasteiger partial charge is 0.368 e. The minimum Gasteiger partial charge on any atom is -0.368 e. The minimum absolute atomic E-state index is 0.881. The molecule has 3 aromatic rings. The maximum Gasteiger partial charge on any atom is 0.141 e. The molecule has 25 heavy (non-hydrogen) atoms. The summed E-state index contributed by atoms with van der Waals surface area (Å²) in [6.45, 7) is 8.40. The number of hydrogen-bond donors (Lipinski definition) is 0. The molecule has 4 rings (SSSR count). The molecule has 1 aromatic carbocycles. The predicted octanol–water partition coefficient (Wildman–Crippen LogP) is 4.14. The van der Waals surface area contributed by atoms with Crippen molar-refractivity contribution >= 4 is 33.1 Å². The van der Waals surface area contributed by atoms with Crippen LogP contribution in [0.1, 0.15) is 24.5 Å². The van der Waals surface area contributed by atoms with E-state index in [1.807, 2.05) is 11.3 Å². The second kappa shape index (κ2) is 7.00. The third-order valence-electron chi connectivity index (χ3n) is 4.84. The van der Waals surface area contributed by atoms with Gasteiger partial charge in [0.1, 0.15) is 16.5 Å². The average molecular weight is 353 g/mol. The molecule has 1 aliphatic rings. The summed E-state index contributed by atoms with van der Waals surface area (Å²) in [5.41, 5.74) is 1.31. The molecule has 0 N–H and O–H groups in total. The van der Waals surface area contributed by atoms with Crippen LogP contribution in [0.3, 0.4) is 0 Å². The van der Waals surface area contributed by atoms with E-state index in [2.05, 4.69) is 60.0 Å². The van der Waals surface area contributed by atoms with Crippen LogP contribution in [0.4, 0.5) is 11.5 Å². The topological polar surface area (TPSA) is 32.3 Å². The van der Waals surface area contributed by atoms with Gasteiger partial charge in [0.05, 0.1) is 5.39 Å². The van der Waals surface area contributed by atoms with Gasteiger partial charge in [-0.2, -0.15) is 0 Å². The summed E-state index contributed by atoms with van der Waals surface area (Å²) in [5, 5.41) is 1.23. The number of aromatic nitrogens is 2. The molecule has 130 valence electrons. The summed E-state index contributed by atoms with van der Waals surface area (Å²) >= 11 is 1.81. The normalized spacial score (nSPS) is 15.1. The van der Waals surface area contributed by atoms with Crippen molar-refractivity contribution < 1.29 is 0 Å².